The first kappa shape index (κ1) is 19.4. The summed E-state index contributed by atoms with van der Waals surface area (Å²) in [6, 6.07) is 13.6. The summed E-state index contributed by atoms with van der Waals surface area (Å²) in [6.07, 6.45) is 3.03. The number of aryl methyl sites for hydroxylation is 1. The summed E-state index contributed by atoms with van der Waals surface area (Å²) in [5.74, 6) is 0.746. The summed E-state index contributed by atoms with van der Waals surface area (Å²) in [7, 11) is 0. The highest BCUT2D eigenvalue weighted by atomic mass is 32.2. The first-order valence-electron chi connectivity index (χ1n) is 9.27. The number of benzene rings is 1. The van der Waals surface area contributed by atoms with Crippen molar-refractivity contribution in [3.63, 3.8) is 0 Å². The van der Waals surface area contributed by atoms with E-state index in [0.717, 1.165) is 30.6 Å². The second-order valence-corrected chi connectivity index (χ2v) is 9.03. The van der Waals surface area contributed by atoms with Gasteiger partial charge in [0.15, 0.2) is 0 Å². The Kier molecular flexibility index (Phi) is 5.86. The Morgan fingerprint density at radius 3 is 2.74 bits per heavy atom. The summed E-state index contributed by atoms with van der Waals surface area (Å²) in [6.45, 7) is 6.82. The van der Waals surface area contributed by atoms with E-state index in [-0.39, 0.29) is 17.1 Å². The van der Waals surface area contributed by atoms with Crippen LogP contribution in [0.4, 0.5) is 5.69 Å². The third-order valence-electron chi connectivity index (χ3n) is 5.09. The molecule has 1 aromatic heterocycles. The van der Waals surface area contributed by atoms with Crippen molar-refractivity contribution >= 4 is 23.4 Å². The minimum Gasteiger partial charge on any atom is -0.325 e. The molecule has 1 heterocycles. The highest BCUT2D eigenvalue weighted by molar-refractivity contribution is 8.00. The Morgan fingerprint density at radius 1 is 1.33 bits per heavy atom. The molecule has 1 amide bonds. The van der Waals surface area contributed by atoms with Gasteiger partial charge in [-0.05, 0) is 54.4 Å². The SMILES string of the molecule is CC(C)(C)C1CCc2nc(SCC(=O)Nc3ccccc3)c(C#N)cc2C1. The molecule has 0 spiro atoms. The number of carbonyl (C=O) groups is 1. The van der Waals surface area contributed by atoms with E-state index in [2.05, 4.69) is 32.2 Å². The summed E-state index contributed by atoms with van der Waals surface area (Å²) < 4.78 is 0. The first-order chi connectivity index (χ1) is 12.9. The lowest BCUT2D eigenvalue weighted by molar-refractivity contribution is -0.113. The average molecular weight is 380 g/mol. The van der Waals surface area contributed by atoms with Gasteiger partial charge in [0.25, 0.3) is 0 Å². The number of nitrogens with one attached hydrogen (secondary N) is 1. The molecule has 140 valence electrons. The van der Waals surface area contributed by atoms with E-state index in [4.69, 9.17) is 4.98 Å². The Morgan fingerprint density at radius 2 is 2.07 bits per heavy atom. The van der Waals surface area contributed by atoms with Crippen molar-refractivity contribution in [2.45, 2.75) is 45.1 Å². The van der Waals surface area contributed by atoms with Crippen LogP contribution in [-0.2, 0) is 17.6 Å². The maximum Gasteiger partial charge on any atom is 0.234 e. The monoisotopic (exact) mass is 379 g/mol. The lowest BCUT2D eigenvalue weighted by Crippen LogP contribution is -2.27. The van der Waals surface area contributed by atoms with Gasteiger partial charge in [0, 0.05) is 11.4 Å². The van der Waals surface area contributed by atoms with Gasteiger partial charge in [0.05, 0.1) is 11.3 Å². The van der Waals surface area contributed by atoms with Crippen LogP contribution in [0.1, 0.15) is 44.0 Å². The number of hydrogen-bond donors (Lipinski definition) is 1. The van der Waals surface area contributed by atoms with Gasteiger partial charge in [-0.2, -0.15) is 5.26 Å². The topological polar surface area (TPSA) is 65.8 Å². The normalized spacial score (nSPS) is 16.3. The lowest BCUT2D eigenvalue weighted by atomic mass is 9.71. The number of nitrogens with zero attached hydrogens (tertiary/aromatic N) is 2. The van der Waals surface area contributed by atoms with Crippen molar-refractivity contribution in [3.05, 3.63) is 53.2 Å². The predicted octanol–water partition coefficient (Wildman–Crippen LogP) is 4.84. The molecular weight excluding hydrogens is 354 g/mol. The molecule has 0 fully saturated rings. The third-order valence-corrected chi connectivity index (χ3v) is 6.09. The fourth-order valence-electron chi connectivity index (χ4n) is 3.43. The Hall–Kier alpha value is -2.32. The molecule has 0 bridgehead atoms. The number of aromatic nitrogens is 1. The molecule has 0 saturated carbocycles. The van der Waals surface area contributed by atoms with Crippen LogP contribution < -0.4 is 5.32 Å². The van der Waals surface area contributed by atoms with Crippen LogP contribution in [0.3, 0.4) is 0 Å². The predicted molar refractivity (Wildman–Crippen MR) is 110 cm³/mol. The third kappa shape index (κ3) is 4.90. The second-order valence-electron chi connectivity index (χ2n) is 8.07. The van der Waals surface area contributed by atoms with Crippen molar-refractivity contribution in [2.75, 3.05) is 11.1 Å². The standard InChI is InChI=1S/C22H25N3OS/c1-22(2,3)17-9-10-19-15(12-17)11-16(13-23)21(25-19)27-14-20(26)24-18-7-5-4-6-8-18/h4-8,11,17H,9-10,12,14H2,1-3H3,(H,24,26). The van der Waals surface area contributed by atoms with Gasteiger partial charge in [-0.1, -0.05) is 50.7 Å². The zero-order chi connectivity index (χ0) is 19.4. The van der Waals surface area contributed by atoms with E-state index in [9.17, 15) is 10.1 Å². The largest absolute Gasteiger partial charge is 0.325 e. The van der Waals surface area contributed by atoms with Gasteiger partial charge >= 0.3 is 0 Å². The number of thioether (sulfide) groups is 1. The molecule has 0 radical (unpaired) electrons. The molecule has 1 aliphatic carbocycles. The zero-order valence-corrected chi connectivity index (χ0v) is 16.9. The fourth-order valence-corrected chi connectivity index (χ4v) is 4.20. The molecule has 4 nitrogen and oxygen atoms in total. The number of amides is 1. The molecule has 27 heavy (non-hydrogen) atoms. The Balaban J connectivity index is 1.70. The molecule has 1 N–H and O–H groups in total. The number of pyridine rings is 1. The number of fused-ring (bicyclic) bond motifs is 1. The van der Waals surface area contributed by atoms with Gasteiger partial charge in [0.2, 0.25) is 5.91 Å². The molecule has 1 aromatic carbocycles. The minimum atomic E-state index is -0.0950. The molecular formula is C22H25N3OS. The van der Waals surface area contributed by atoms with Crippen molar-refractivity contribution in [2.24, 2.45) is 11.3 Å². The minimum absolute atomic E-state index is 0.0950. The van der Waals surface area contributed by atoms with E-state index >= 15 is 0 Å². The maximum absolute atomic E-state index is 12.2. The van der Waals surface area contributed by atoms with Crippen LogP contribution in [0, 0.1) is 22.7 Å². The van der Waals surface area contributed by atoms with Crippen LogP contribution >= 0.6 is 11.8 Å². The highest BCUT2D eigenvalue weighted by Crippen LogP contribution is 2.38. The number of hydrogen-bond acceptors (Lipinski definition) is 4. The van der Waals surface area contributed by atoms with E-state index in [1.165, 1.54) is 17.3 Å². The molecule has 0 aliphatic heterocycles. The van der Waals surface area contributed by atoms with Gasteiger partial charge in [-0.3, -0.25) is 4.79 Å². The van der Waals surface area contributed by atoms with Crippen molar-refractivity contribution in [1.82, 2.24) is 4.98 Å². The summed E-state index contributed by atoms with van der Waals surface area (Å²) in [5, 5.41) is 13.1. The van der Waals surface area contributed by atoms with E-state index in [1.54, 1.807) is 0 Å². The lowest BCUT2D eigenvalue weighted by Gasteiger charge is -2.34. The van der Waals surface area contributed by atoms with Crippen molar-refractivity contribution < 1.29 is 4.79 Å². The molecule has 5 heteroatoms. The van der Waals surface area contributed by atoms with Gasteiger partial charge in [0.1, 0.15) is 11.1 Å². The zero-order valence-electron chi connectivity index (χ0n) is 16.1. The summed E-state index contributed by atoms with van der Waals surface area (Å²) in [5.41, 5.74) is 3.88. The van der Waals surface area contributed by atoms with E-state index in [1.807, 2.05) is 36.4 Å². The maximum atomic E-state index is 12.2. The number of nitriles is 1. The van der Waals surface area contributed by atoms with Crippen LogP contribution in [0.25, 0.3) is 0 Å². The van der Waals surface area contributed by atoms with Crippen molar-refractivity contribution in [3.8, 4) is 6.07 Å². The molecule has 2 aromatic rings. The Labute approximate surface area is 165 Å². The number of para-hydroxylation sites is 1. The molecule has 3 rings (SSSR count). The Bertz CT molecular complexity index is 866. The average Bonchev–Trinajstić information content (AvgIpc) is 2.65. The van der Waals surface area contributed by atoms with Gasteiger partial charge in [-0.25, -0.2) is 4.98 Å². The molecule has 1 aliphatic rings. The first-order valence-corrected chi connectivity index (χ1v) is 10.3. The van der Waals surface area contributed by atoms with Crippen molar-refractivity contribution in [1.29, 1.82) is 5.26 Å². The number of carbonyl (C=O) groups excluding carboxylic acids is 1. The molecule has 0 saturated heterocycles. The van der Waals surface area contributed by atoms with E-state index < -0.39 is 0 Å². The number of anilines is 1. The fraction of sp³-hybridized carbons (Fsp3) is 0.409. The molecule has 1 atom stereocenters. The molecule has 1 unspecified atom stereocenters. The van der Waals surface area contributed by atoms with Crippen LogP contribution in [0.5, 0.6) is 0 Å². The quantitative estimate of drug-likeness (QED) is 0.772. The van der Waals surface area contributed by atoms with Crippen LogP contribution in [-0.4, -0.2) is 16.6 Å². The van der Waals surface area contributed by atoms with Gasteiger partial charge in [-0.15, -0.1) is 0 Å². The van der Waals surface area contributed by atoms with Crippen LogP contribution in [0.15, 0.2) is 41.4 Å². The second kappa shape index (κ2) is 8.14. The highest BCUT2D eigenvalue weighted by Gasteiger charge is 2.30. The number of rotatable bonds is 4. The van der Waals surface area contributed by atoms with Crippen LogP contribution in [0.2, 0.25) is 0 Å². The van der Waals surface area contributed by atoms with E-state index in [0.29, 0.717) is 16.5 Å². The smallest absolute Gasteiger partial charge is 0.234 e. The summed E-state index contributed by atoms with van der Waals surface area (Å²) in [4.78, 5) is 16.9. The van der Waals surface area contributed by atoms with Gasteiger partial charge < -0.3 is 5.32 Å². The summed E-state index contributed by atoms with van der Waals surface area (Å²) >= 11 is 1.33.